The molecule has 1 atom stereocenters. The van der Waals surface area contributed by atoms with Gasteiger partial charge in [-0.1, -0.05) is 48.5 Å². The van der Waals surface area contributed by atoms with E-state index in [1.165, 1.54) is 0 Å². The van der Waals surface area contributed by atoms with E-state index in [9.17, 15) is 4.79 Å². The Hall–Kier alpha value is -4.12. The van der Waals surface area contributed by atoms with E-state index in [0.29, 0.717) is 12.1 Å². The number of carbonyl (C=O) groups excluding carboxylic acids is 1. The molecule has 0 saturated heterocycles. The Morgan fingerprint density at radius 2 is 1.72 bits per heavy atom. The lowest BCUT2D eigenvalue weighted by atomic mass is 9.90. The van der Waals surface area contributed by atoms with Crippen molar-refractivity contribution in [1.29, 1.82) is 0 Å². The second-order valence-electron chi connectivity index (χ2n) is 7.70. The molecule has 5 heteroatoms. The van der Waals surface area contributed by atoms with Crippen LogP contribution in [-0.2, 0) is 0 Å². The summed E-state index contributed by atoms with van der Waals surface area (Å²) in [4.78, 5) is 20.9. The summed E-state index contributed by atoms with van der Waals surface area (Å²) in [6.45, 7) is 0.462. The molecule has 2 aromatic heterocycles. The molecule has 1 amide bonds. The van der Waals surface area contributed by atoms with E-state index in [1.54, 1.807) is 19.4 Å². The fourth-order valence-electron chi connectivity index (χ4n) is 4.21. The molecule has 5 nitrogen and oxygen atoms in total. The fourth-order valence-corrected chi connectivity index (χ4v) is 4.21. The molecule has 0 saturated carbocycles. The molecule has 0 aliphatic carbocycles. The maximum absolute atomic E-state index is 13.2. The number of ether oxygens (including phenoxy) is 1. The fraction of sp³-hybridized carbons (Fsp3) is 0.111. The minimum atomic E-state index is -0.109. The molecule has 5 rings (SSSR count). The maximum Gasteiger partial charge on any atom is 0.252 e. The first-order valence-corrected chi connectivity index (χ1v) is 10.6. The van der Waals surface area contributed by atoms with Gasteiger partial charge in [0.25, 0.3) is 5.91 Å². The number of hydrogen-bond donors (Lipinski definition) is 2. The van der Waals surface area contributed by atoms with Gasteiger partial charge in [-0.25, -0.2) is 0 Å². The quantitative estimate of drug-likeness (QED) is 0.392. The highest BCUT2D eigenvalue weighted by atomic mass is 16.5. The number of nitrogens with one attached hydrogen (secondary N) is 2. The molecular formula is C27H23N3O2. The van der Waals surface area contributed by atoms with Crippen LogP contribution < -0.4 is 10.1 Å². The number of fused-ring (bicyclic) bond motifs is 2. The molecule has 0 aliphatic heterocycles. The number of aromatic nitrogens is 2. The number of methoxy groups -OCH3 is 1. The van der Waals surface area contributed by atoms with Crippen molar-refractivity contribution in [1.82, 2.24) is 15.3 Å². The molecule has 2 N–H and O–H groups in total. The van der Waals surface area contributed by atoms with Crippen LogP contribution in [0, 0.1) is 0 Å². The number of carbonyl (C=O) groups is 1. The van der Waals surface area contributed by atoms with Gasteiger partial charge in [0.1, 0.15) is 5.75 Å². The van der Waals surface area contributed by atoms with Crippen molar-refractivity contribution >= 4 is 27.7 Å². The van der Waals surface area contributed by atoms with Gasteiger partial charge < -0.3 is 15.0 Å². The van der Waals surface area contributed by atoms with Crippen LogP contribution in [0.5, 0.6) is 5.75 Å². The van der Waals surface area contributed by atoms with Crippen molar-refractivity contribution in [2.24, 2.45) is 0 Å². The Kier molecular flexibility index (Phi) is 5.30. The minimum Gasteiger partial charge on any atom is -0.497 e. The monoisotopic (exact) mass is 421 g/mol. The molecule has 5 aromatic rings. The van der Waals surface area contributed by atoms with Gasteiger partial charge in [0.15, 0.2) is 0 Å². The zero-order chi connectivity index (χ0) is 21.9. The number of rotatable bonds is 6. The highest BCUT2D eigenvalue weighted by Crippen LogP contribution is 2.31. The van der Waals surface area contributed by atoms with Crippen molar-refractivity contribution in [3.05, 3.63) is 108 Å². The molecule has 158 valence electrons. The number of para-hydroxylation sites is 2. The molecule has 1 unspecified atom stereocenters. The average Bonchev–Trinajstić information content (AvgIpc) is 3.28. The Morgan fingerprint density at radius 1 is 0.969 bits per heavy atom. The Bertz CT molecular complexity index is 1380. The first-order chi connectivity index (χ1) is 15.7. The summed E-state index contributed by atoms with van der Waals surface area (Å²) in [5.74, 6) is 0.676. The van der Waals surface area contributed by atoms with Crippen LogP contribution in [0.1, 0.15) is 27.4 Å². The number of pyridine rings is 1. The van der Waals surface area contributed by atoms with E-state index in [2.05, 4.69) is 39.6 Å². The Balaban J connectivity index is 1.48. The first-order valence-electron chi connectivity index (χ1n) is 10.6. The number of aromatic amines is 1. The predicted molar refractivity (Wildman–Crippen MR) is 127 cm³/mol. The van der Waals surface area contributed by atoms with E-state index >= 15 is 0 Å². The normalized spacial score (nSPS) is 12.0. The number of nitrogens with zero attached hydrogens (tertiary/aromatic N) is 1. The third-order valence-corrected chi connectivity index (χ3v) is 5.88. The summed E-state index contributed by atoms with van der Waals surface area (Å²) in [6, 6.07) is 25.7. The van der Waals surface area contributed by atoms with E-state index in [-0.39, 0.29) is 11.8 Å². The number of benzene rings is 3. The van der Waals surface area contributed by atoms with E-state index in [4.69, 9.17) is 4.74 Å². The van der Waals surface area contributed by atoms with Crippen molar-refractivity contribution in [3.8, 4) is 5.75 Å². The maximum atomic E-state index is 13.2. The smallest absolute Gasteiger partial charge is 0.252 e. The Morgan fingerprint density at radius 3 is 2.53 bits per heavy atom. The SMILES string of the molecule is COc1ccc(C(CNC(=O)c2ccnc3ccccc23)c2c[nH]c3ccccc23)cc1. The largest absolute Gasteiger partial charge is 0.497 e. The highest BCUT2D eigenvalue weighted by molar-refractivity contribution is 6.06. The van der Waals surface area contributed by atoms with Crippen LogP contribution >= 0.6 is 0 Å². The van der Waals surface area contributed by atoms with Gasteiger partial charge in [0.05, 0.1) is 18.2 Å². The number of hydrogen-bond acceptors (Lipinski definition) is 3. The lowest BCUT2D eigenvalue weighted by Crippen LogP contribution is -2.29. The zero-order valence-electron chi connectivity index (χ0n) is 17.7. The van der Waals surface area contributed by atoms with Crippen LogP contribution in [0.25, 0.3) is 21.8 Å². The van der Waals surface area contributed by atoms with Gasteiger partial charge in [0.2, 0.25) is 0 Å². The lowest BCUT2D eigenvalue weighted by molar-refractivity contribution is 0.0954. The molecule has 0 spiro atoms. The van der Waals surface area contributed by atoms with Gasteiger partial charge in [-0.15, -0.1) is 0 Å². The average molecular weight is 422 g/mol. The topological polar surface area (TPSA) is 67.0 Å². The van der Waals surface area contributed by atoms with E-state index in [0.717, 1.165) is 38.7 Å². The summed E-state index contributed by atoms with van der Waals surface area (Å²) >= 11 is 0. The van der Waals surface area contributed by atoms with Gasteiger partial charge in [-0.2, -0.15) is 0 Å². The first kappa shape index (κ1) is 19.8. The third kappa shape index (κ3) is 3.69. The number of amides is 1. The third-order valence-electron chi connectivity index (χ3n) is 5.88. The van der Waals surface area contributed by atoms with E-state index < -0.39 is 0 Å². The standard InChI is InChI=1S/C27H23N3O2/c1-32-19-12-10-18(11-13-19)23(24-17-29-26-9-5-3-7-21(24)26)16-30-27(31)22-14-15-28-25-8-4-2-6-20(22)25/h2-15,17,23,29H,16H2,1H3,(H,30,31). The highest BCUT2D eigenvalue weighted by Gasteiger charge is 2.20. The lowest BCUT2D eigenvalue weighted by Gasteiger charge is -2.19. The van der Waals surface area contributed by atoms with Gasteiger partial charge in [-0.05, 0) is 41.5 Å². The van der Waals surface area contributed by atoms with Crippen molar-refractivity contribution < 1.29 is 9.53 Å². The second-order valence-corrected chi connectivity index (χ2v) is 7.70. The molecule has 3 aromatic carbocycles. The van der Waals surface area contributed by atoms with Crippen molar-refractivity contribution in [2.45, 2.75) is 5.92 Å². The summed E-state index contributed by atoms with van der Waals surface area (Å²) in [6.07, 6.45) is 3.71. The molecule has 0 fully saturated rings. The minimum absolute atomic E-state index is 0.0193. The summed E-state index contributed by atoms with van der Waals surface area (Å²) in [5, 5.41) is 5.16. The van der Waals surface area contributed by atoms with Crippen LogP contribution in [0.4, 0.5) is 0 Å². The van der Waals surface area contributed by atoms with Gasteiger partial charge in [0, 0.05) is 41.1 Å². The molecular weight excluding hydrogens is 398 g/mol. The zero-order valence-corrected chi connectivity index (χ0v) is 17.7. The summed E-state index contributed by atoms with van der Waals surface area (Å²) < 4.78 is 5.32. The molecule has 2 heterocycles. The summed E-state index contributed by atoms with van der Waals surface area (Å²) in [5.41, 5.74) is 4.76. The van der Waals surface area contributed by atoms with Crippen molar-refractivity contribution in [2.75, 3.05) is 13.7 Å². The summed E-state index contributed by atoms with van der Waals surface area (Å²) in [7, 11) is 1.66. The van der Waals surface area contributed by atoms with E-state index in [1.807, 2.05) is 54.7 Å². The van der Waals surface area contributed by atoms with Crippen LogP contribution in [-0.4, -0.2) is 29.5 Å². The second kappa shape index (κ2) is 8.55. The molecule has 32 heavy (non-hydrogen) atoms. The Labute approximate surface area is 186 Å². The van der Waals surface area contributed by atoms with Crippen molar-refractivity contribution in [3.63, 3.8) is 0 Å². The number of H-pyrrole nitrogens is 1. The molecule has 0 aliphatic rings. The van der Waals surface area contributed by atoms with Crippen LogP contribution in [0.3, 0.4) is 0 Å². The molecule has 0 bridgehead atoms. The molecule has 0 radical (unpaired) electrons. The van der Waals surface area contributed by atoms with Crippen LogP contribution in [0.2, 0.25) is 0 Å². The van der Waals surface area contributed by atoms with Gasteiger partial charge >= 0.3 is 0 Å². The van der Waals surface area contributed by atoms with Gasteiger partial charge in [-0.3, -0.25) is 9.78 Å². The van der Waals surface area contributed by atoms with Crippen LogP contribution in [0.15, 0.2) is 91.3 Å². The predicted octanol–water partition coefficient (Wildman–Crippen LogP) is 5.29.